The highest BCUT2D eigenvalue weighted by molar-refractivity contribution is 6.41. The fraction of sp³-hybridized carbons (Fsp3) is 0.469. The van der Waals surface area contributed by atoms with E-state index in [2.05, 4.69) is 40.0 Å². The summed E-state index contributed by atoms with van der Waals surface area (Å²) in [6.07, 6.45) is 8.05. The predicted molar refractivity (Wildman–Crippen MR) is 185 cm³/mol. The summed E-state index contributed by atoms with van der Waals surface area (Å²) in [6.45, 7) is 10.4. The number of ether oxygens (including phenoxy) is 2. The van der Waals surface area contributed by atoms with Crippen molar-refractivity contribution in [1.82, 2.24) is 25.3 Å². The lowest BCUT2D eigenvalue weighted by Gasteiger charge is -2.37. The smallest absolute Gasteiger partial charge is 0.330 e. The van der Waals surface area contributed by atoms with Gasteiger partial charge in [-0.1, -0.05) is 42.6 Å². The van der Waals surface area contributed by atoms with Crippen molar-refractivity contribution in [3.05, 3.63) is 51.9 Å². The van der Waals surface area contributed by atoms with Crippen LogP contribution in [0.15, 0.2) is 46.3 Å². The van der Waals surface area contributed by atoms with Crippen LogP contribution >= 0.6 is 23.2 Å². The largest absolute Gasteiger partial charge is 0.495 e. The molecule has 1 aliphatic carbocycles. The third-order valence-corrected chi connectivity index (χ3v) is 9.60. The summed E-state index contributed by atoms with van der Waals surface area (Å²) in [5.74, 6) is 2.41. The molecule has 2 aromatic rings. The lowest BCUT2D eigenvalue weighted by Crippen LogP contribution is -2.50. The molecule has 3 amide bonds. The summed E-state index contributed by atoms with van der Waals surface area (Å²) >= 11 is 13.3. The van der Waals surface area contributed by atoms with Crippen LogP contribution < -0.4 is 29.9 Å². The van der Waals surface area contributed by atoms with E-state index in [0.717, 1.165) is 24.2 Å². The molecule has 0 spiro atoms. The van der Waals surface area contributed by atoms with Crippen molar-refractivity contribution >= 4 is 59.3 Å². The SMILES string of the molecule is C=CC(=O)NC1CN(c2nn(C)cc2C2CCCC2)CC1N=C(N=C)NC1=C(C)CN(c2c(Cl)c(OC)cc(OC)c2Cl)C(=O)N1C. The number of hydrogen-bond donors (Lipinski definition) is 2. The number of hydrogen-bond acceptors (Lipinski definition) is 7. The van der Waals surface area contributed by atoms with Crippen molar-refractivity contribution in [3.8, 4) is 11.5 Å². The summed E-state index contributed by atoms with van der Waals surface area (Å²) in [5.41, 5.74) is 2.27. The molecule has 1 aromatic heterocycles. The van der Waals surface area contributed by atoms with E-state index in [4.69, 9.17) is 42.8 Å². The van der Waals surface area contributed by atoms with Crippen molar-refractivity contribution in [2.24, 2.45) is 17.0 Å². The number of aryl methyl sites for hydroxylation is 1. The van der Waals surface area contributed by atoms with Gasteiger partial charge in [-0.2, -0.15) is 5.10 Å². The Bertz CT molecular complexity index is 1600. The number of methoxy groups -OCH3 is 2. The Hall–Kier alpha value is -4.23. The molecular weight excluding hydrogens is 645 g/mol. The summed E-state index contributed by atoms with van der Waals surface area (Å²) in [6, 6.07) is 0.423. The fourth-order valence-corrected chi connectivity index (χ4v) is 7.24. The Kier molecular flexibility index (Phi) is 10.4. The number of halogens is 2. The van der Waals surface area contributed by atoms with E-state index in [-0.39, 0.29) is 40.2 Å². The van der Waals surface area contributed by atoms with Gasteiger partial charge in [0.2, 0.25) is 11.9 Å². The molecule has 5 rings (SSSR count). The fourth-order valence-electron chi connectivity index (χ4n) is 6.53. The van der Waals surface area contributed by atoms with E-state index < -0.39 is 12.1 Å². The van der Waals surface area contributed by atoms with Crippen molar-refractivity contribution < 1.29 is 19.1 Å². The zero-order chi connectivity index (χ0) is 34.0. The average molecular weight is 687 g/mol. The highest BCUT2D eigenvalue weighted by Crippen LogP contribution is 2.47. The van der Waals surface area contributed by atoms with Crippen LogP contribution in [0, 0.1) is 0 Å². The van der Waals surface area contributed by atoms with Crippen molar-refractivity contribution in [1.29, 1.82) is 0 Å². The van der Waals surface area contributed by atoms with Crippen LogP contribution in [0.5, 0.6) is 11.5 Å². The molecule has 1 saturated carbocycles. The van der Waals surface area contributed by atoms with Gasteiger partial charge >= 0.3 is 6.03 Å². The van der Waals surface area contributed by atoms with E-state index in [1.807, 2.05) is 18.7 Å². The molecule has 2 atom stereocenters. The molecular formula is C32H41Cl2N9O4. The molecule has 3 aliphatic rings. The highest BCUT2D eigenvalue weighted by Gasteiger charge is 2.38. The number of amides is 3. The first-order chi connectivity index (χ1) is 22.5. The third kappa shape index (κ3) is 6.77. The molecule has 1 aromatic carbocycles. The number of nitrogens with one attached hydrogen (secondary N) is 2. The maximum absolute atomic E-state index is 13.8. The molecule has 1 saturated heterocycles. The summed E-state index contributed by atoms with van der Waals surface area (Å²) in [5, 5.41) is 11.4. The van der Waals surface area contributed by atoms with Gasteiger partial charge in [0, 0.05) is 45.0 Å². The quantitative estimate of drug-likeness (QED) is 0.222. The Morgan fingerprint density at radius 1 is 1.13 bits per heavy atom. The van der Waals surface area contributed by atoms with Crippen molar-refractivity contribution in [2.75, 3.05) is 50.7 Å². The second-order valence-corrected chi connectivity index (χ2v) is 12.7. The van der Waals surface area contributed by atoms with Gasteiger partial charge in [-0.15, -0.1) is 0 Å². The Labute approximate surface area is 284 Å². The lowest BCUT2D eigenvalue weighted by atomic mass is 10.00. The van der Waals surface area contributed by atoms with Gasteiger partial charge in [0.15, 0.2) is 5.82 Å². The van der Waals surface area contributed by atoms with E-state index in [0.29, 0.717) is 36.3 Å². The zero-order valence-corrected chi connectivity index (χ0v) is 28.9. The highest BCUT2D eigenvalue weighted by atomic mass is 35.5. The van der Waals surface area contributed by atoms with Crippen LogP contribution in [0.4, 0.5) is 16.3 Å². The number of aliphatic imine (C=N–C) groups is 2. The van der Waals surface area contributed by atoms with E-state index >= 15 is 0 Å². The third-order valence-electron chi connectivity index (χ3n) is 8.87. The predicted octanol–water partition coefficient (Wildman–Crippen LogP) is 4.71. The monoisotopic (exact) mass is 685 g/mol. The Morgan fingerprint density at radius 2 is 1.79 bits per heavy atom. The summed E-state index contributed by atoms with van der Waals surface area (Å²) < 4.78 is 12.7. The molecule has 47 heavy (non-hydrogen) atoms. The molecule has 3 heterocycles. The molecule has 13 nitrogen and oxygen atoms in total. The zero-order valence-electron chi connectivity index (χ0n) is 27.3. The molecule has 0 bridgehead atoms. The molecule has 15 heteroatoms. The topological polar surface area (TPSA) is 129 Å². The van der Waals surface area contributed by atoms with Gasteiger partial charge in [0.05, 0.1) is 38.5 Å². The molecule has 2 unspecified atom stereocenters. The van der Waals surface area contributed by atoms with Crippen LogP contribution in [0.2, 0.25) is 10.0 Å². The van der Waals surface area contributed by atoms with E-state index in [9.17, 15) is 9.59 Å². The molecule has 2 fully saturated rings. The summed E-state index contributed by atoms with van der Waals surface area (Å²) in [4.78, 5) is 40.3. The minimum atomic E-state index is -0.404. The number of nitrogens with zero attached hydrogens (tertiary/aromatic N) is 7. The minimum Gasteiger partial charge on any atom is -0.495 e. The van der Waals surface area contributed by atoms with Crippen LogP contribution in [0.25, 0.3) is 0 Å². The van der Waals surface area contributed by atoms with Gasteiger partial charge in [0.1, 0.15) is 27.4 Å². The number of carbonyl (C=O) groups excluding carboxylic acids is 2. The molecule has 2 N–H and O–H groups in total. The number of guanidine groups is 1. The molecule has 2 aliphatic heterocycles. The van der Waals surface area contributed by atoms with Gasteiger partial charge < -0.3 is 25.0 Å². The number of benzene rings is 1. The average Bonchev–Trinajstić information content (AvgIpc) is 3.81. The summed E-state index contributed by atoms with van der Waals surface area (Å²) in [7, 11) is 6.50. The van der Waals surface area contributed by atoms with Crippen molar-refractivity contribution in [2.45, 2.75) is 50.6 Å². The number of aromatic nitrogens is 2. The maximum atomic E-state index is 13.8. The van der Waals surface area contributed by atoms with E-state index in [1.165, 1.54) is 48.5 Å². The van der Waals surface area contributed by atoms with Crippen LogP contribution in [-0.2, 0) is 11.8 Å². The standard InChI is InChI=1S/C32H41Cl2N9O4/c1-8-25(44)36-21-16-42(30-20(15-40(4)39-30)19-11-9-10-12-19)17-22(21)37-31(35-3)38-29-18(2)14-43(32(45)41(29)5)28-26(33)23(46-6)13-24(47-7)27(28)34/h8,13,15,19,21-22H,1,3,9-12,14,16-17H2,2,4-7H3,(H,36,44)(H,37,38). The molecule has 0 radical (unpaired) electrons. The van der Waals surface area contributed by atoms with Gasteiger partial charge in [-0.25, -0.2) is 14.8 Å². The number of anilines is 2. The first-order valence-electron chi connectivity index (χ1n) is 15.4. The van der Waals surface area contributed by atoms with E-state index in [1.54, 1.807) is 13.1 Å². The number of rotatable bonds is 9. The van der Waals surface area contributed by atoms with Crippen LogP contribution in [0.1, 0.15) is 44.1 Å². The number of urea groups is 1. The van der Waals surface area contributed by atoms with Gasteiger partial charge in [0.25, 0.3) is 0 Å². The first-order valence-corrected chi connectivity index (χ1v) is 16.1. The lowest BCUT2D eigenvalue weighted by molar-refractivity contribution is -0.117. The first kappa shape index (κ1) is 34.1. The van der Waals surface area contributed by atoms with Crippen molar-refractivity contribution in [3.63, 3.8) is 0 Å². The van der Waals surface area contributed by atoms with Crippen LogP contribution in [0.3, 0.4) is 0 Å². The second-order valence-electron chi connectivity index (χ2n) is 11.9. The second kappa shape index (κ2) is 14.3. The van der Waals surface area contributed by atoms with Crippen LogP contribution in [-0.4, -0.2) is 92.3 Å². The Balaban J connectivity index is 1.43. The van der Waals surface area contributed by atoms with Gasteiger partial charge in [-0.3, -0.25) is 19.3 Å². The normalized spacial score (nSPS) is 20.6. The van der Waals surface area contributed by atoms with Gasteiger partial charge in [-0.05, 0) is 44.0 Å². The molecule has 252 valence electrons. The maximum Gasteiger partial charge on any atom is 0.330 e. The number of carbonyl (C=O) groups is 2. The minimum absolute atomic E-state index is 0.157. The Morgan fingerprint density at radius 3 is 2.38 bits per heavy atom.